The fraction of sp³-hybridized carbons (Fsp3) is 0.917. The van der Waals surface area contributed by atoms with Crippen molar-refractivity contribution in [2.75, 3.05) is 0 Å². The maximum Gasteiger partial charge on any atom is 0.321 e. The molecule has 0 aliphatic heterocycles. The van der Waals surface area contributed by atoms with Crippen molar-refractivity contribution in [3.05, 3.63) is 0 Å². The van der Waals surface area contributed by atoms with E-state index < -0.39 is 27.3 Å². The second-order valence-corrected chi connectivity index (χ2v) is 6.51. The van der Waals surface area contributed by atoms with E-state index in [-0.39, 0.29) is 0 Å². The third-order valence-electron chi connectivity index (χ3n) is 2.96. The van der Waals surface area contributed by atoms with Crippen molar-refractivity contribution in [2.45, 2.75) is 70.6 Å². The molecule has 2 N–H and O–H groups in total. The Kier molecular flexibility index (Phi) is 8.18. The molecule has 0 aromatic heterocycles. The van der Waals surface area contributed by atoms with Gasteiger partial charge in [-0.15, -0.1) is 0 Å². The van der Waals surface area contributed by atoms with Gasteiger partial charge in [-0.05, 0) is 19.3 Å². The highest BCUT2D eigenvalue weighted by molar-refractivity contribution is 7.90. The number of sulfonamides is 1. The van der Waals surface area contributed by atoms with E-state index in [9.17, 15) is 13.2 Å². The Balaban J connectivity index is 4.72. The fourth-order valence-corrected chi connectivity index (χ4v) is 3.63. The van der Waals surface area contributed by atoms with Gasteiger partial charge < -0.3 is 5.11 Å². The molecule has 0 heterocycles. The summed E-state index contributed by atoms with van der Waals surface area (Å²) in [6, 6.07) is -0.999. The summed E-state index contributed by atoms with van der Waals surface area (Å²) < 4.78 is 26.4. The Morgan fingerprint density at radius 1 is 1.17 bits per heavy atom. The normalized spacial score (nSPS) is 15.3. The highest BCUT2D eigenvalue weighted by atomic mass is 32.2. The summed E-state index contributed by atoms with van der Waals surface area (Å²) in [7, 11) is -3.54. The lowest BCUT2D eigenvalue weighted by Gasteiger charge is -2.20. The number of carboxylic acid groups (broad SMARTS) is 1. The zero-order valence-corrected chi connectivity index (χ0v) is 12.3. The maximum atomic E-state index is 12.1. The van der Waals surface area contributed by atoms with E-state index in [1.54, 1.807) is 6.92 Å². The van der Waals surface area contributed by atoms with E-state index in [2.05, 4.69) is 4.72 Å². The molecule has 0 aromatic rings. The van der Waals surface area contributed by atoms with Gasteiger partial charge in [-0.1, -0.05) is 40.0 Å². The van der Waals surface area contributed by atoms with Crippen molar-refractivity contribution in [3.63, 3.8) is 0 Å². The fourth-order valence-electron chi connectivity index (χ4n) is 1.84. The number of hydrogen-bond donors (Lipinski definition) is 2. The van der Waals surface area contributed by atoms with Gasteiger partial charge in [0, 0.05) is 0 Å². The predicted octanol–water partition coefficient (Wildman–Crippen LogP) is 2.13. The molecular weight excluding hydrogens is 254 g/mol. The number of unbranched alkanes of at least 4 members (excludes halogenated alkanes) is 1. The summed E-state index contributed by atoms with van der Waals surface area (Å²) >= 11 is 0. The van der Waals surface area contributed by atoms with Crippen molar-refractivity contribution in [1.82, 2.24) is 4.72 Å². The minimum absolute atomic E-state index is 0.341. The van der Waals surface area contributed by atoms with Crippen LogP contribution in [0.4, 0.5) is 0 Å². The van der Waals surface area contributed by atoms with E-state index in [0.29, 0.717) is 25.7 Å². The molecule has 0 amide bonds. The molecule has 1 unspecified atom stereocenters. The van der Waals surface area contributed by atoms with Crippen molar-refractivity contribution in [3.8, 4) is 0 Å². The molecule has 2 atom stereocenters. The van der Waals surface area contributed by atoms with Crippen LogP contribution in [0.25, 0.3) is 0 Å². The lowest BCUT2D eigenvalue weighted by Crippen LogP contribution is -2.44. The van der Waals surface area contributed by atoms with Gasteiger partial charge >= 0.3 is 5.97 Å². The molecule has 0 bridgehead atoms. The van der Waals surface area contributed by atoms with Gasteiger partial charge in [0.15, 0.2) is 0 Å². The number of rotatable bonds is 10. The standard InChI is InChI=1S/C12H25NO4S/c1-4-7-9-11(12(14)15)13-18(16,17)10(6-3)8-5-2/h10-11,13H,4-9H2,1-3H3,(H,14,15)/t10?,11-/m0/s1. The second kappa shape index (κ2) is 8.48. The van der Waals surface area contributed by atoms with Gasteiger partial charge in [0.25, 0.3) is 0 Å². The van der Waals surface area contributed by atoms with Gasteiger partial charge in [0.2, 0.25) is 10.0 Å². The average Bonchev–Trinajstić information content (AvgIpc) is 2.30. The summed E-state index contributed by atoms with van der Waals surface area (Å²) in [4.78, 5) is 11.0. The Labute approximate surface area is 110 Å². The van der Waals surface area contributed by atoms with Crippen molar-refractivity contribution in [1.29, 1.82) is 0 Å². The van der Waals surface area contributed by atoms with Crippen molar-refractivity contribution < 1.29 is 18.3 Å². The predicted molar refractivity (Wildman–Crippen MR) is 72.0 cm³/mol. The molecule has 0 aliphatic carbocycles. The van der Waals surface area contributed by atoms with Crippen LogP contribution < -0.4 is 4.72 Å². The van der Waals surface area contributed by atoms with Crippen LogP contribution in [0.5, 0.6) is 0 Å². The van der Waals surface area contributed by atoms with Gasteiger partial charge in [-0.25, -0.2) is 13.1 Å². The number of carboxylic acids is 1. The number of nitrogens with one attached hydrogen (secondary N) is 1. The molecule has 108 valence electrons. The third-order valence-corrected chi connectivity index (χ3v) is 5.02. The van der Waals surface area contributed by atoms with Crippen molar-refractivity contribution >= 4 is 16.0 Å². The first-order valence-corrected chi connectivity index (χ1v) is 8.17. The molecule has 0 saturated carbocycles. The SMILES string of the molecule is CCCC[C@H](NS(=O)(=O)C(CC)CCC)C(=O)O. The highest BCUT2D eigenvalue weighted by Crippen LogP contribution is 2.13. The van der Waals surface area contributed by atoms with Gasteiger partial charge in [0.1, 0.15) is 6.04 Å². The van der Waals surface area contributed by atoms with Crippen LogP contribution in [0.1, 0.15) is 59.3 Å². The monoisotopic (exact) mass is 279 g/mol. The maximum absolute atomic E-state index is 12.1. The molecule has 0 saturated heterocycles. The highest BCUT2D eigenvalue weighted by Gasteiger charge is 2.28. The molecule has 0 rings (SSSR count). The molecule has 5 nitrogen and oxygen atoms in total. The van der Waals surface area contributed by atoms with E-state index >= 15 is 0 Å². The minimum Gasteiger partial charge on any atom is -0.480 e. The van der Waals surface area contributed by atoms with Gasteiger partial charge in [0.05, 0.1) is 5.25 Å². The molecule has 0 aliphatic rings. The Bertz CT molecular complexity index is 340. The molecule has 0 spiro atoms. The molecule has 18 heavy (non-hydrogen) atoms. The van der Waals surface area contributed by atoms with Crippen LogP contribution in [0.15, 0.2) is 0 Å². The summed E-state index contributed by atoms with van der Waals surface area (Å²) in [5.41, 5.74) is 0. The van der Waals surface area contributed by atoms with Crippen LogP contribution in [-0.4, -0.2) is 30.8 Å². The average molecular weight is 279 g/mol. The van der Waals surface area contributed by atoms with Crippen LogP contribution in [-0.2, 0) is 14.8 Å². The van der Waals surface area contributed by atoms with Crippen molar-refractivity contribution in [2.24, 2.45) is 0 Å². The quantitative estimate of drug-likeness (QED) is 0.641. The Morgan fingerprint density at radius 3 is 2.17 bits per heavy atom. The Morgan fingerprint density at radius 2 is 1.78 bits per heavy atom. The van der Waals surface area contributed by atoms with Gasteiger partial charge in [-0.2, -0.15) is 0 Å². The first kappa shape index (κ1) is 17.4. The van der Waals surface area contributed by atoms with Crippen LogP contribution in [0.3, 0.4) is 0 Å². The smallest absolute Gasteiger partial charge is 0.321 e. The summed E-state index contributed by atoms with van der Waals surface area (Å²) in [5, 5.41) is 8.53. The van der Waals surface area contributed by atoms with Crippen LogP contribution in [0.2, 0.25) is 0 Å². The van der Waals surface area contributed by atoms with E-state index in [0.717, 1.165) is 12.8 Å². The first-order valence-electron chi connectivity index (χ1n) is 6.62. The van der Waals surface area contributed by atoms with E-state index in [1.807, 2.05) is 13.8 Å². The summed E-state index contributed by atoms with van der Waals surface area (Å²) in [5.74, 6) is -1.10. The van der Waals surface area contributed by atoms with Crippen LogP contribution in [0, 0.1) is 0 Å². The Hall–Kier alpha value is -0.620. The van der Waals surface area contributed by atoms with Gasteiger partial charge in [-0.3, -0.25) is 4.79 Å². The lowest BCUT2D eigenvalue weighted by molar-refractivity contribution is -0.139. The lowest BCUT2D eigenvalue weighted by atomic mass is 10.1. The largest absolute Gasteiger partial charge is 0.480 e. The zero-order valence-electron chi connectivity index (χ0n) is 11.5. The molecule has 0 fully saturated rings. The number of hydrogen-bond acceptors (Lipinski definition) is 3. The summed E-state index contributed by atoms with van der Waals surface area (Å²) in [6.07, 6.45) is 3.72. The second-order valence-electron chi connectivity index (χ2n) is 4.51. The molecule has 6 heteroatoms. The molecule has 0 radical (unpaired) electrons. The molecule has 0 aromatic carbocycles. The zero-order chi connectivity index (χ0) is 14.2. The van der Waals surface area contributed by atoms with E-state index in [4.69, 9.17) is 5.11 Å². The number of aliphatic carboxylic acids is 1. The number of carbonyl (C=O) groups is 1. The van der Waals surface area contributed by atoms with Crippen LogP contribution >= 0.6 is 0 Å². The first-order chi connectivity index (χ1) is 8.38. The van der Waals surface area contributed by atoms with E-state index in [1.165, 1.54) is 0 Å². The minimum atomic E-state index is -3.54. The topological polar surface area (TPSA) is 83.5 Å². The molecular formula is C12H25NO4S. The third kappa shape index (κ3) is 5.82. The summed E-state index contributed by atoms with van der Waals surface area (Å²) in [6.45, 7) is 5.67.